The summed E-state index contributed by atoms with van der Waals surface area (Å²) in [6, 6.07) is 6.40. The molecule has 0 aliphatic rings. The van der Waals surface area contributed by atoms with Gasteiger partial charge < -0.3 is 16.1 Å². The first kappa shape index (κ1) is 17.3. The second kappa shape index (κ2) is 8.22. The predicted octanol–water partition coefficient (Wildman–Crippen LogP) is -0.447. The van der Waals surface area contributed by atoms with Gasteiger partial charge in [-0.25, -0.2) is 0 Å². The van der Waals surface area contributed by atoms with Crippen LogP contribution in [0.15, 0.2) is 24.3 Å². The summed E-state index contributed by atoms with van der Waals surface area (Å²) < 4.78 is 0. The van der Waals surface area contributed by atoms with Crippen LogP contribution in [0.1, 0.15) is 10.4 Å². The summed E-state index contributed by atoms with van der Waals surface area (Å²) in [7, 11) is 0. The van der Waals surface area contributed by atoms with Crippen LogP contribution in [-0.2, 0) is 16.8 Å². The Morgan fingerprint density at radius 2 is 1.67 bits per heavy atom. The Kier molecular flexibility index (Phi) is 11.8. The smallest absolute Gasteiger partial charge is 0.507 e. The first-order valence-electron chi connectivity index (χ1n) is 2.58. The number of carbonyl (C=O) groups excluding carboxylic acids is 1. The Morgan fingerprint density at radius 1 is 1.17 bits per heavy atom. The van der Waals surface area contributed by atoms with Gasteiger partial charge in [-0.15, -0.1) is 0 Å². The Hall–Kier alpha value is -0.884. The number of phenols is 1. The maximum Gasteiger partial charge on any atom is 2.00 e. The van der Waals surface area contributed by atoms with E-state index in [1.54, 1.807) is 18.2 Å². The van der Waals surface area contributed by atoms with Gasteiger partial charge in [0.15, 0.2) is 6.29 Å². The number of aromatic hydroxyl groups is 1. The summed E-state index contributed by atoms with van der Waals surface area (Å²) in [6.07, 6.45) is 0.620. The third-order valence-electron chi connectivity index (χ3n) is 1.06. The number of phenolic OH excluding ortho intramolecular Hbond substituents is 1. The average molecular weight is 217 g/mol. The molecule has 1 aromatic rings. The maximum absolute atomic E-state index is 10.1. The van der Waals surface area contributed by atoms with Crippen molar-refractivity contribution >= 4 is 6.29 Å². The van der Waals surface area contributed by atoms with E-state index in [-0.39, 0.29) is 33.5 Å². The summed E-state index contributed by atoms with van der Waals surface area (Å²) in [6.45, 7) is 0. The van der Waals surface area contributed by atoms with E-state index in [1.165, 1.54) is 6.07 Å². The van der Waals surface area contributed by atoms with E-state index < -0.39 is 0 Å². The molecule has 5 heteroatoms. The van der Waals surface area contributed by atoms with Crippen LogP contribution in [0.4, 0.5) is 0 Å². The van der Waals surface area contributed by atoms with Gasteiger partial charge in [-0.1, -0.05) is 12.1 Å². The van der Waals surface area contributed by atoms with Crippen LogP contribution in [0.3, 0.4) is 0 Å². The molecular formula is C7H10CoO4+2. The Morgan fingerprint density at radius 3 is 2.00 bits per heavy atom. The molecule has 0 amide bonds. The zero-order chi connectivity index (χ0) is 6.69. The van der Waals surface area contributed by atoms with Gasteiger partial charge in [0.2, 0.25) is 0 Å². The molecule has 0 aliphatic carbocycles. The van der Waals surface area contributed by atoms with Gasteiger partial charge in [0, 0.05) is 0 Å². The molecule has 0 atom stereocenters. The van der Waals surface area contributed by atoms with Crippen molar-refractivity contribution in [2.75, 3.05) is 0 Å². The molecule has 12 heavy (non-hydrogen) atoms. The number of aldehydes is 1. The second-order valence-corrected chi connectivity index (χ2v) is 1.68. The fraction of sp³-hybridized carbons (Fsp3) is 0. The quantitative estimate of drug-likeness (QED) is 0.644. The van der Waals surface area contributed by atoms with Crippen molar-refractivity contribution in [1.82, 2.24) is 0 Å². The molecular weight excluding hydrogens is 207 g/mol. The molecule has 0 unspecified atom stereocenters. The van der Waals surface area contributed by atoms with Gasteiger partial charge in [0.05, 0.1) is 5.56 Å². The van der Waals surface area contributed by atoms with Gasteiger partial charge in [0.25, 0.3) is 0 Å². The zero-order valence-corrected chi connectivity index (χ0v) is 7.12. The Bertz CT molecular complexity index is 226. The molecule has 1 radical (unpaired) electrons. The van der Waals surface area contributed by atoms with Crippen LogP contribution in [0, 0.1) is 0 Å². The minimum absolute atomic E-state index is 0. The second-order valence-electron chi connectivity index (χ2n) is 1.68. The molecule has 0 heterocycles. The molecule has 0 bridgehead atoms. The van der Waals surface area contributed by atoms with Crippen molar-refractivity contribution in [3.8, 4) is 5.75 Å². The number of benzene rings is 1. The summed E-state index contributed by atoms with van der Waals surface area (Å²) in [5, 5.41) is 8.88. The molecule has 5 N–H and O–H groups in total. The topological polar surface area (TPSA) is 100 Å². The van der Waals surface area contributed by atoms with Crippen molar-refractivity contribution in [1.29, 1.82) is 0 Å². The van der Waals surface area contributed by atoms with Crippen LogP contribution in [0.2, 0.25) is 0 Å². The molecule has 0 saturated carbocycles. The minimum atomic E-state index is 0. The summed E-state index contributed by atoms with van der Waals surface area (Å²) in [4.78, 5) is 10.1. The van der Waals surface area contributed by atoms with E-state index in [2.05, 4.69) is 0 Å². The summed E-state index contributed by atoms with van der Waals surface area (Å²) >= 11 is 0. The maximum atomic E-state index is 10.1. The van der Waals surface area contributed by atoms with Crippen LogP contribution < -0.4 is 0 Å². The van der Waals surface area contributed by atoms with Crippen LogP contribution in [0.25, 0.3) is 0 Å². The first-order chi connectivity index (χ1) is 4.34. The van der Waals surface area contributed by atoms with E-state index >= 15 is 0 Å². The first-order valence-corrected chi connectivity index (χ1v) is 2.58. The molecule has 69 valence electrons. The van der Waals surface area contributed by atoms with Crippen molar-refractivity contribution in [2.45, 2.75) is 0 Å². The summed E-state index contributed by atoms with van der Waals surface area (Å²) in [5.41, 5.74) is 0.331. The molecule has 0 aliphatic heterocycles. The van der Waals surface area contributed by atoms with Crippen LogP contribution in [-0.4, -0.2) is 22.3 Å². The monoisotopic (exact) mass is 217 g/mol. The third-order valence-corrected chi connectivity index (χ3v) is 1.06. The largest absolute Gasteiger partial charge is 2.00 e. The normalized spacial score (nSPS) is 6.67. The number of hydrogen-bond acceptors (Lipinski definition) is 2. The van der Waals surface area contributed by atoms with E-state index in [1.807, 2.05) is 0 Å². The molecule has 0 spiro atoms. The van der Waals surface area contributed by atoms with Crippen molar-refractivity contribution < 1.29 is 37.6 Å². The van der Waals surface area contributed by atoms with Crippen molar-refractivity contribution in [2.24, 2.45) is 0 Å². The Balaban J connectivity index is -0.000000270. The standard InChI is InChI=1S/C7H6O2.Co.2H2O/c8-5-6-3-1-2-4-7(6)9;;;/h1-5,9H;;2*1H2/q;+2;;. The van der Waals surface area contributed by atoms with Crippen LogP contribution in [0.5, 0.6) is 5.75 Å². The van der Waals surface area contributed by atoms with E-state index in [4.69, 9.17) is 5.11 Å². The minimum Gasteiger partial charge on any atom is -0.507 e. The number of para-hydroxylation sites is 1. The molecule has 0 aromatic heterocycles. The number of hydrogen-bond donors (Lipinski definition) is 1. The van der Waals surface area contributed by atoms with E-state index in [9.17, 15) is 4.79 Å². The van der Waals surface area contributed by atoms with Gasteiger partial charge in [-0.3, -0.25) is 4.79 Å². The molecule has 0 fully saturated rings. The summed E-state index contributed by atoms with van der Waals surface area (Å²) in [5.74, 6) is 0.0347. The molecule has 1 rings (SSSR count). The van der Waals surface area contributed by atoms with Gasteiger partial charge >= 0.3 is 16.8 Å². The third kappa shape index (κ3) is 4.09. The molecule has 4 nitrogen and oxygen atoms in total. The van der Waals surface area contributed by atoms with Gasteiger partial charge in [-0.05, 0) is 12.1 Å². The van der Waals surface area contributed by atoms with Gasteiger partial charge in [0.1, 0.15) is 5.75 Å². The van der Waals surface area contributed by atoms with Crippen molar-refractivity contribution in [3.63, 3.8) is 0 Å². The van der Waals surface area contributed by atoms with Crippen LogP contribution >= 0.6 is 0 Å². The van der Waals surface area contributed by atoms with E-state index in [0.717, 1.165) is 0 Å². The van der Waals surface area contributed by atoms with E-state index in [0.29, 0.717) is 11.8 Å². The fourth-order valence-corrected chi connectivity index (χ4v) is 0.587. The average Bonchev–Trinajstić information content (AvgIpc) is 1.89. The number of carbonyl (C=O) groups is 1. The Labute approximate surface area is 80.0 Å². The van der Waals surface area contributed by atoms with Crippen molar-refractivity contribution in [3.05, 3.63) is 29.8 Å². The molecule has 0 saturated heterocycles. The van der Waals surface area contributed by atoms with Gasteiger partial charge in [-0.2, -0.15) is 0 Å². The molecule has 1 aromatic carbocycles. The fourth-order valence-electron chi connectivity index (χ4n) is 0.587. The number of rotatable bonds is 1. The SMILES string of the molecule is O.O.O=Cc1ccccc1O.[Co+2]. The zero-order valence-electron chi connectivity index (χ0n) is 6.08. The predicted molar refractivity (Wildman–Crippen MR) is 40.7 cm³/mol.